The molecule has 148 valence electrons. The summed E-state index contributed by atoms with van der Waals surface area (Å²) in [5.74, 6) is 1.58. The summed E-state index contributed by atoms with van der Waals surface area (Å²) in [5, 5.41) is 8.18. The van der Waals surface area contributed by atoms with E-state index in [1.807, 2.05) is 48.5 Å². The number of nitrogens with zero attached hydrogens (tertiary/aromatic N) is 1. The van der Waals surface area contributed by atoms with Crippen LogP contribution < -0.4 is 20.2 Å². The standard InChI is InChI=1S/C22H27N3O2S/c1-26-20-12-7-8-17(14-20)16-27-21-13-6-5-9-18(21)15-23-25-22(28)24-19-10-3-2-4-11-19/h5-9,12-15,19H,2-4,10-11,16H2,1H3,(H2,24,25,28). The number of thiocarbonyl (C=S) groups is 1. The molecule has 0 heterocycles. The Morgan fingerprint density at radius 1 is 1.14 bits per heavy atom. The van der Waals surface area contributed by atoms with Crippen molar-refractivity contribution in [3.63, 3.8) is 0 Å². The first-order valence-electron chi connectivity index (χ1n) is 9.69. The first kappa shape index (κ1) is 20.1. The number of hydrogen-bond acceptors (Lipinski definition) is 4. The van der Waals surface area contributed by atoms with Crippen LogP contribution in [0.5, 0.6) is 11.5 Å². The van der Waals surface area contributed by atoms with Gasteiger partial charge in [-0.1, -0.05) is 43.5 Å². The number of methoxy groups -OCH3 is 1. The first-order chi connectivity index (χ1) is 13.7. The molecule has 1 saturated carbocycles. The fraction of sp³-hybridized carbons (Fsp3) is 0.364. The van der Waals surface area contributed by atoms with Gasteiger partial charge in [0.05, 0.1) is 13.3 Å². The molecule has 6 heteroatoms. The summed E-state index contributed by atoms with van der Waals surface area (Å²) in [6.07, 6.45) is 7.93. The second kappa shape index (κ2) is 10.7. The molecule has 0 aromatic heterocycles. The average Bonchev–Trinajstić information content (AvgIpc) is 2.74. The van der Waals surface area contributed by atoms with E-state index in [9.17, 15) is 0 Å². The highest BCUT2D eigenvalue weighted by atomic mass is 32.1. The molecule has 3 rings (SSSR count). The minimum Gasteiger partial charge on any atom is -0.497 e. The van der Waals surface area contributed by atoms with Crippen molar-refractivity contribution in [2.75, 3.05) is 7.11 Å². The summed E-state index contributed by atoms with van der Waals surface area (Å²) < 4.78 is 11.2. The maximum atomic E-state index is 5.98. The van der Waals surface area contributed by atoms with E-state index < -0.39 is 0 Å². The molecule has 0 radical (unpaired) electrons. The Kier molecular flexibility index (Phi) is 7.67. The minimum absolute atomic E-state index is 0.455. The molecule has 0 saturated heterocycles. The molecule has 0 bridgehead atoms. The number of benzene rings is 2. The molecule has 0 spiro atoms. The Balaban J connectivity index is 1.54. The molecule has 0 atom stereocenters. The van der Waals surface area contributed by atoms with Crippen LogP contribution in [0, 0.1) is 0 Å². The zero-order valence-corrected chi connectivity index (χ0v) is 17.0. The average molecular weight is 398 g/mol. The maximum Gasteiger partial charge on any atom is 0.187 e. The van der Waals surface area contributed by atoms with E-state index >= 15 is 0 Å². The van der Waals surface area contributed by atoms with Crippen LogP contribution in [0.1, 0.15) is 43.2 Å². The van der Waals surface area contributed by atoms with Gasteiger partial charge in [0.25, 0.3) is 0 Å². The summed E-state index contributed by atoms with van der Waals surface area (Å²) >= 11 is 5.34. The molecule has 0 aliphatic heterocycles. The Bertz CT molecular complexity index is 804. The van der Waals surface area contributed by atoms with E-state index in [1.165, 1.54) is 32.1 Å². The molecule has 28 heavy (non-hydrogen) atoms. The molecular formula is C22H27N3O2S. The largest absolute Gasteiger partial charge is 0.497 e. The lowest BCUT2D eigenvalue weighted by Gasteiger charge is -2.23. The van der Waals surface area contributed by atoms with E-state index in [0.29, 0.717) is 17.8 Å². The third-order valence-electron chi connectivity index (χ3n) is 4.76. The van der Waals surface area contributed by atoms with Crippen molar-refractivity contribution >= 4 is 23.5 Å². The highest BCUT2D eigenvalue weighted by Crippen LogP contribution is 2.19. The van der Waals surface area contributed by atoms with Gasteiger partial charge >= 0.3 is 0 Å². The van der Waals surface area contributed by atoms with Gasteiger partial charge in [0.15, 0.2) is 5.11 Å². The third-order valence-corrected chi connectivity index (χ3v) is 4.97. The zero-order valence-electron chi connectivity index (χ0n) is 16.2. The number of para-hydroxylation sites is 1. The molecule has 0 unspecified atom stereocenters. The van der Waals surface area contributed by atoms with E-state index in [1.54, 1.807) is 13.3 Å². The van der Waals surface area contributed by atoms with Crippen LogP contribution in [0.15, 0.2) is 53.6 Å². The summed E-state index contributed by atoms with van der Waals surface area (Å²) in [7, 11) is 1.66. The molecule has 1 aliphatic carbocycles. The van der Waals surface area contributed by atoms with Gasteiger partial charge in [-0.3, -0.25) is 5.43 Å². The van der Waals surface area contributed by atoms with Crippen LogP contribution in [0.3, 0.4) is 0 Å². The number of ether oxygens (including phenoxy) is 2. The fourth-order valence-corrected chi connectivity index (χ4v) is 3.49. The lowest BCUT2D eigenvalue weighted by Crippen LogP contribution is -2.40. The molecule has 2 N–H and O–H groups in total. The number of nitrogens with one attached hydrogen (secondary N) is 2. The van der Waals surface area contributed by atoms with Crippen molar-refractivity contribution < 1.29 is 9.47 Å². The fourth-order valence-electron chi connectivity index (χ4n) is 3.27. The van der Waals surface area contributed by atoms with Crippen LogP contribution in [0.25, 0.3) is 0 Å². The molecule has 2 aromatic carbocycles. The lowest BCUT2D eigenvalue weighted by atomic mass is 9.96. The van der Waals surface area contributed by atoms with E-state index in [4.69, 9.17) is 21.7 Å². The SMILES string of the molecule is COc1cccc(COc2ccccc2C=NNC(=S)NC2CCCCC2)c1. The Labute approximate surface area is 172 Å². The topological polar surface area (TPSA) is 54.9 Å². The number of rotatable bonds is 7. The summed E-state index contributed by atoms with van der Waals surface area (Å²) in [6.45, 7) is 0.455. The van der Waals surface area contributed by atoms with E-state index in [2.05, 4.69) is 15.8 Å². The van der Waals surface area contributed by atoms with Crippen molar-refractivity contribution in [1.29, 1.82) is 0 Å². The van der Waals surface area contributed by atoms with Gasteiger partial charge in [0.1, 0.15) is 18.1 Å². The van der Waals surface area contributed by atoms with Gasteiger partial charge in [-0.2, -0.15) is 5.10 Å². The minimum atomic E-state index is 0.455. The number of hydrogen-bond donors (Lipinski definition) is 2. The van der Waals surface area contributed by atoms with Crippen molar-refractivity contribution in [2.45, 2.75) is 44.8 Å². The quantitative estimate of drug-likeness (QED) is 0.412. The number of hydrazone groups is 1. The maximum absolute atomic E-state index is 5.98. The highest BCUT2D eigenvalue weighted by molar-refractivity contribution is 7.80. The van der Waals surface area contributed by atoms with E-state index in [0.717, 1.165) is 22.6 Å². The van der Waals surface area contributed by atoms with Gasteiger partial charge in [-0.25, -0.2) is 0 Å². The van der Waals surface area contributed by atoms with Crippen molar-refractivity contribution in [3.05, 3.63) is 59.7 Å². The van der Waals surface area contributed by atoms with Crippen LogP contribution in [0.4, 0.5) is 0 Å². The third kappa shape index (κ3) is 6.23. The Morgan fingerprint density at radius 2 is 1.96 bits per heavy atom. The van der Waals surface area contributed by atoms with Gasteiger partial charge in [0.2, 0.25) is 0 Å². The first-order valence-corrected chi connectivity index (χ1v) is 10.1. The molecular weight excluding hydrogens is 370 g/mol. The zero-order chi connectivity index (χ0) is 19.6. The normalized spacial score (nSPS) is 14.6. The van der Waals surface area contributed by atoms with E-state index in [-0.39, 0.29) is 0 Å². The Morgan fingerprint density at radius 3 is 2.79 bits per heavy atom. The van der Waals surface area contributed by atoms with Crippen LogP contribution in [-0.2, 0) is 6.61 Å². The molecule has 1 fully saturated rings. The van der Waals surface area contributed by atoms with Crippen LogP contribution in [-0.4, -0.2) is 24.5 Å². The van der Waals surface area contributed by atoms with Crippen molar-refractivity contribution in [2.24, 2.45) is 5.10 Å². The predicted octanol–water partition coefficient (Wildman–Crippen LogP) is 4.40. The summed E-state index contributed by atoms with van der Waals surface area (Å²) in [5.41, 5.74) is 4.84. The lowest BCUT2D eigenvalue weighted by molar-refractivity contribution is 0.305. The molecule has 0 amide bonds. The van der Waals surface area contributed by atoms with Crippen LogP contribution in [0.2, 0.25) is 0 Å². The Hall–Kier alpha value is -2.60. The monoisotopic (exact) mass is 397 g/mol. The van der Waals surface area contributed by atoms with Crippen LogP contribution >= 0.6 is 12.2 Å². The smallest absolute Gasteiger partial charge is 0.187 e. The van der Waals surface area contributed by atoms with Crippen molar-refractivity contribution in [1.82, 2.24) is 10.7 Å². The van der Waals surface area contributed by atoms with Crippen molar-refractivity contribution in [3.8, 4) is 11.5 Å². The molecule has 5 nitrogen and oxygen atoms in total. The van der Waals surface area contributed by atoms with Gasteiger partial charge in [-0.05, 0) is 54.9 Å². The second-order valence-electron chi connectivity index (χ2n) is 6.86. The predicted molar refractivity (Wildman–Crippen MR) is 117 cm³/mol. The second-order valence-corrected chi connectivity index (χ2v) is 7.26. The molecule has 1 aliphatic rings. The highest BCUT2D eigenvalue weighted by Gasteiger charge is 2.13. The summed E-state index contributed by atoms with van der Waals surface area (Å²) in [4.78, 5) is 0. The molecule has 2 aromatic rings. The van der Waals surface area contributed by atoms with Gasteiger partial charge in [0, 0.05) is 11.6 Å². The summed E-state index contributed by atoms with van der Waals surface area (Å²) in [6, 6.07) is 16.1. The van der Waals surface area contributed by atoms with Gasteiger partial charge < -0.3 is 14.8 Å². The van der Waals surface area contributed by atoms with Gasteiger partial charge in [-0.15, -0.1) is 0 Å².